The molecule has 0 unspecified atom stereocenters. The average Bonchev–Trinajstić information content (AvgIpc) is 3.03. The Hall–Kier alpha value is -1.07. The van der Waals surface area contributed by atoms with E-state index >= 15 is 0 Å². The molecule has 1 saturated carbocycles. The molecule has 1 aliphatic rings. The lowest BCUT2D eigenvalue weighted by atomic mass is 10.3. The summed E-state index contributed by atoms with van der Waals surface area (Å²) in [5, 5.41) is 0. The minimum Gasteiger partial charge on any atom is -0.312 e. The van der Waals surface area contributed by atoms with Crippen molar-refractivity contribution in [1.82, 2.24) is 0 Å². The lowest BCUT2D eigenvalue weighted by Gasteiger charge is -2.16. The van der Waals surface area contributed by atoms with E-state index in [0.717, 1.165) is 19.3 Å². The molecule has 16 heavy (non-hydrogen) atoms. The Morgan fingerprint density at radius 3 is 2.19 bits per heavy atom. The lowest BCUT2D eigenvalue weighted by molar-refractivity contribution is -0.107. The van der Waals surface area contributed by atoms with E-state index in [0.29, 0.717) is 5.69 Å². The Bertz CT molecular complexity index is 493. The van der Waals surface area contributed by atoms with Gasteiger partial charge in [0, 0.05) is 22.4 Å². The number of amides is 1. The van der Waals surface area contributed by atoms with Crippen molar-refractivity contribution < 1.29 is 13.2 Å². The third-order valence-corrected chi connectivity index (χ3v) is 3.84. The molecule has 0 saturated heterocycles. The molecule has 0 spiro atoms. The van der Waals surface area contributed by atoms with Crippen LogP contribution in [0.15, 0.2) is 29.2 Å². The van der Waals surface area contributed by atoms with Crippen LogP contribution in [0.4, 0.5) is 5.69 Å². The third kappa shape index (κ3) is 2.36. The van der Waals surface area contributed by atoms with Gasteiger partial charge in [-0.25, -0.2) is 8.42 Å². The van der Waals surface area contributed by atoms with Gasteiger partial charge in [-0.2, -0.15) is 0 Å². The topological polar surface area (TPSA) is 54.5 Å². The van der Waals surface area contributed by atoms with E-state index in [4.69, 9.17) is 10.7 Å². The van der Waals surface area contributed by atoms with E-state index in [2.05, 4.69) is 0 Å². The van der Waals surface area contributed by atoms with Crippen molar-refractivity contribution in [3.05, 3.63) is 24.3 Å². The second-order valence-corrected chi connectivity index (χ2v) is 6.24. The third-order valence-electron chi connectivity index (χ3n) is 2.47. The first kappa shape index (κ1) is 11.4. The van der Waals surface area contributed by atoms with Crippen molar-refractivity contribution in [3.63, 3.8) is 0 Å². The first-order valence-electron chi connectivity index (χ1n) is 4.81. The zero-order valence-electron chi connectivity index (χ0n) is 8.34. The first-order valence-corrected chi connectivity index (χ1v) is 7.11. The maximum absolute atomic E-state index is 11.0. The fourth-order valence-electron chi connectivity index (χ4n) is 1.49. The molecule has 0 atom stereocenters. The maximum Gasteiger partial charge on any atom is 0.261 e. The van der Waals surface area contributed by atoms with Gasteiger partial charge in [0.1, 0.15) is 0 Å². The highest BCUT2D eigenvalue weighted by Gasteiger charge is 2.29. The highest BCUT2D eigenvalue weighted by Crippen LogP contribution is 2.31. The molecule has 2 rings (SSSR count). The number of anilines is 1. The Morgan fingerprint density at radius 1 is 1.25 bits per heavy atom. The second kappa shape index (κ2) is 4.07. The largest absolute Gasteiger partial charge is 0.312 e. The summed E-state index contributed by atoms with van der Waals surface area (Å²) in [4.78, 5) is 12.5. The molecule has 86 valence electrons. The highest BCUT2D eigenvalue weighted by molar-refractivity contribution is 8.13. The number of rotatable bonds is 4. The van der Waals surface area contributed by atoms with Gasteiger partial charge >= 0.3 is 0 Å². The molecule has 1 aromatic carbocycles. The Balaban J connectivity index is 2.27. The van der Waals surface area contributed by atoms with Crippen molar-refractivity contribution in [2.24, 2.45) is 0 Å². The first-order chi connectivity index (χ1) is 7.52. The van der Waals surface area contributed by atoms with Crippen LogP contribution in [0.3, 0.4) is 0 Å². The van der Waals surface area contributed by atoms with Crippen LogP contribution >= 0.6 is 10.7 Å². The van der Waals surface area contributed by atoms with Gasteiger partial charge in [-0.05, 0) is 37.1 Å². The fraction of sp³-hybridized carbons (Fsp3) is 0.300. The SMILES string of the molecule is O=CN(c1ccc(S(=O)(=O)Cl)cc1)C1CC1. The lowest BCUT2D eigenvalue weighted by Crippen LogP contribution is -2.23. The molecule has 1 aliphatic carbocycles. The fourth-order valence-corrected chi connectivity index (χ4v) is 2.26. The number of halogens is 1. The summed E-state index contributed by atoms with van der Waals surface area (Å²) in [6.07, 6.45) is 2.75. The summed E-state index contributed by atoms with van der Waals surface area (Å²) >= 11 is 0. The summed E-state index contributed by atoms with van der Waals surface area (Å²) in [7, 11) is 1.50. The zero-order chi connectivity index (χ0) is 11.8. The number of hydrogen-bond donors (Lipinski definition) is 0. The van der Waals surface area contributed by atoms with Crippen LogP contribution in [0, 0.1) is 0 Å². The molecule has 0 radical (unpaired) electrons. The van der Waals surface area contributed by atoms with Crippen LogP contribution in [0.5, 0.6) is 0 Å². The molecule has 0 aromatic heterocycles. The summed E-state index contributed by atoms with van der Waals surface area (Å²) in [5.74, 6) is 0. The zero-order valence-corrected chi connectivity index (χ0v) is 9.91. The van der Waals surface area contributed by atoms with E-state index in [9.17, 15) is 13.2 Å². The highest BCUT2D eigenvalue weighted by atomic mass is 35.7. The summed E-state index contributed by atoms with van der Waals surface area (Å²) in [5.41, 5.74) is 0.696. The monoisotopic (exact) mass is 259 g/mol. The summed E-state index contributed by atoms with van der Waals surface area (Å²) in [6, 6.07) is 6.23. The normalized spacial score (nSPS) is 15.8. The van der Waals surface area contributed by atoms with E-state index in [1.54, 1.807) is 17.0 Å². The maximum atomic E-state index is 11.0. The van der Waals surface area contributed by atoms with Crippen LogP contribution in [0.1, 0.15) is 12.8 Å². The van der Waals surface area contributed by atoms with E-state index in [1.165, 1.54) is 12.1 Å². The van der Waals surface area contributed by atoms with Gasteiger partial charge in [0.2, 0.25) is 6.41 Å². The predicted molar refractivity (Wildman–Crippen MR) is 61.0 cm³/mol. The molecule has 1 aromatic rings. The van der Waals surface area contributed by atoms with Crippen molar-refractivity contribution in [2.45, 2.75) is 23.8 Å². The Kier molecular flexibility index (Phi) is 2.90. The number of carbonyl (C=O) groups excluding carboxylic acids is 1. The number of carbonyl (C=O) groups is 1. The quantitative estimate of drug-likeness (QED) is 0.611. The molecule has 0 aliphatic heterocycles. The summed E-state index contributed by atoms with van der Waals surface area (Å²) in [6.45, 7) is 0. The summed E-state index contributed by atoms with van der Waals surface area (Å²) < 4.78 is 22.0. The Morgan fingerprint density at radius 2 is 1.81 bits per heavy atom. The van der Waals surface area contributed by atoms with Crippen molar-refractivity contribution >= 4 is 31.8 Å². The molecule has 0 heterocycles. The van der Waals surface area contributed by atoms with Gasteiger partial charge in [-0.1, -0.05) is 0 Å². The van der Waals surface area contributed by atoms with E-state index in [-0.39, 0.29) is 10.9 Å². The van der Waals surface area contributed by atoms with Gasteiger partial charge < -0.3 is 4.90 Å². The van der Waals surface area contributed by atoms with Crippen LogP contribution in [-0.4, -0.2) is 20.9 Å². The molecule has 1 amide bonds. The number of hydrogen-bond acceptors (Lipinski definition) is 3. The van der Waals surface area contributed by atoms with Gasteiger partial charge in [-0.15, -0.1) is 0 Å². The van der Waals surface area contributed by atoms with Gasteiger partial charge in [-0.3, -0.25) is 4.79 Å². The molecule has 6 heteroatoms. The number of benzene rings is 1. The van der Waals surface area contributed by atoms with Gasteiger partial charge in [0.05, 0.1) is 4.90 Å². The van der Waals surface area contributed by atoms with E-state index < -0.39 is 9.05 Å². The van der Waals surface area contributed by atoms with Crippen LogP contribution < -0.4 is 4.90 Å². The van der Waals surface area contributed by atoms with Crippen LogP contribution in [0.25, 0.3) is 0 Å². The van der Waals surface area contributed by atoms with Crippen molar-refractivity contribution in [3.8, 4) is 0 Å². The van der Waals surface area contributed by atoms with Gasteiger partial charge in [0.25, 0.3) is 9.05 Å². The second-order valence-electron chi connectivity index (χ2n) is 3.68. The molecule has 4 nitrogen and oxygen atoms in total. The standard InChI is InChI=1S/C10H10ClNO3S/c11-16(14,15)10-5-3-9(4-6-10)12(7-13)8-1-2-8/h3-8H,1-2H2. The van der Waals surface area contributed by atoms with Gasteiger partial charge in [0.15, 0.2) is 0 Å². The van der Waals surface area contributed by atoms with Crippen LogP contribution in [-0.2, 0) is 13.8 Å². The predicted octanol–water partition coefficient (Wildman–Crippen LogP) is 1.74. The van der Waals surface area contributed by atoms with Crippen molar-refractivity contribution in [2.75, 3.05) is 4.90 Å². The van der Waals surface area contributed by atoms with Crippen LogP contribution in [0.2, 0.25) is 0 Å². The molecule has 1 fully saturated rings. The molecule has 0 bridgehead atoms. The average molecular weight is 260 g/mol. The minimum atomic E-state index is -3.69. The van der Waals surface area contributed by atoms with E-state index in [1.807, 2.05) is 0 Å². The smallest absolute Gasteiger partial charge is 0.261 e. The number of nitrogens with zero attached hydrogens (tertiary/aromatic N) is 1. The van der Waals surface area contributed by atoms with Crippen molar-refractivity contribution in [1.29, 1.82) is 0 Å². The molecule has 0 N–H and O–H groups in total. The molecular weight excluding hydrogens is 250 g/mol. The minimum absolute atomic E-state index is 0.0413. The molecular formula is C10H10ClNO3S. The Labute approximate surface area is 98.2 Å².